The third-order valence-electron chi connectivity index (χ3n) is 3.02. The van der Waals surface area contributed by atoms with Crippen molar-refractivity contribution >= 4 is 27.9 Å². The normalized spacial score (nSPS) is 9.85. The third kappa shape index (κ3) is 8.82. The molecule has 26 heavy (non-hydrogen) atoms. The highest BCUT2D eigenvalue weighted by Gasteiger charge is 2.00. The Kier molecular flexibility index (Phi) is 8.28. The lowest BCUT2D eigenvalue weighted by Gasteiger charge is -2.09. The summed E-state index contributed by atoms with van der Waals surface area (Å²) in [5, 5.41) is 2.65. The molecule has 0 saturated heterocycles. The van der Waals surface area contributed by atoms with E-state index in [0.29, 0.717) is 19.2 Å². The van der Waals surface area contributed by atoms with Gasteiger partial charge in [0.25, 0.3) is 0 Å². The molecule has 0 aliphatic heterocycles. The summed E-state index contributed by atoms with van der Waals surface area (Å²) in [5.41, 5.74) is 2.70. The largest absolute Gasteiger partial charge is 0.748 e. The first-order valence-electron chi connectivity index (χ1n) is 7.56. The van der Waals surface area contributed by atoms with Gasteiger partial charge >= 0.3 is 0 Å². The maximum absolute atomic E-state index is 10.5. The fourth-order valence-electron chi connectivity index (χ4n) is 1.86. The monoisotopic (exact) mass is 375 g/mol. The van der Waals surface area contributed by atoms with E-state index in [9.17, 15) is 4.79 Å². The smallest absolute Gasteiger partial charge is 0.211 e. The Hall–Kier alpha value is -2.89. The average molecular weight is 375 g/mol. The van der Waals surface area contributed by atoms with Gasteiger partial charge < -0.3 is 14.8 Å². The number of hydrogen-bond donors (Lipinski definition) is 1. The van der Waals surface area contributed by atoms with Crippen LogP contribution >= 0.6 is 0 Å². The minimum Gasteiger partial charge on any atom is -0.748 e. The molecule has 0 fully saturated rings. The molecule has 0 radical (unpaired) electrons. The number of nitrogens with one attached hydrogen (secondary N) is 1. The molecule has 0 atom stereocenters. The molecule has 0 spiro atoms. The van der Waals surface area contributed by atoms with Crippen LogP contribution in [0, 0.1) is 11.8 Å². The van der Waals surface area contributed by atoms with E-state index in [1.807, 2.05) is 67.5 Å². The van der Waals surface area contributed by atoms with Crippen molar-refractivity contribution < 1.29 is 22.3 Å². The van der Waals surface area contributed by atoms with Crippen LogP contribution in [-0.2, 0) is 21.5 Å². The lowest BCUT2D eigenvalue weighted by molar-refractivity contribution is -0.684. The van der Waals surface area contributed by atoms with E-state index in [1.165, 1.54) is 0 Å². The summed E-state index contributed by atoms with van der Waals surface area (Å²) in [4.78, 5) is 12.6. The van der Waals surface area contributed by atoms with Crippen molar-refractivity contribution in [3.8, 4) is 11.8 Å². The minimum atomic E-state index is -3.92. The van der Waals surface area contributed by atoms with Crippen molar-refractivity contribution in [2.24, 2.45) is 0 Å². The molecule has 0 aliphatic carbocycles. The predicted octanol–water partition coefficient (Wildman–Crippen LogP) is 0.822. The summed E-state index contributed by atoms with van der Waals surface area (Å²) in [6.07, 6.45) is 5.27. The van der Waals surface area contributed by atoms with E-state index in [0.717, 1.165) is 16.9 Å². The fourth-order valence-corrected chi connectivity index (χ4v) is 1.86. The summed E-state index contributed by atoms with van der Waals surface area (Å²) in [5.74, 6) is 6.19. The van der Waals surface area contributed by atoms with Crippen LogP contribution in [0.5, 0.6) is 0 Å². The van der Waals surface area contributed by atoms with E-state index < -0.39 is 10.1 Å². The Balaban J connectivity index is 0.000000597. The molecule has 1 aromatic carbocycles. The van der Waals surface area contributed by atoms with Gasteiger partial charge in [-0.2, -0.15) is 4.57 Å². The van der Waals surface area contributed by atoms with Crippen LogP contribution in [0.3, 0.4) is 0 Å². The number of para-hydroxylation sites is 1. The van der Waals surface area contributed by atoms with Crippen molar-refractivity contribution in [1.82, 2.24) is 0 Å². The number of benzene rings is 1. The first kappa shape index (κ1) is 21.2. The van der Waals surface area contributed by atoms with Gasteiger partial charge in [-0.25, -0.2) is 8.42 Å². The first-order valence-corrected chi connectivity index (χ1v) is 9.37. The molecule has 1 aromatic heterocycles. The van der Waals surface area contributed by atoms with Gasteiger partial charge in [-0.3, -0.25) is 4.79 Å². The number of anilines is 2. The summed E-state index contributed by atoms with van der Waals surface area (Å²) >= 11 is 0. The molecule has 1 amide bonds. The second kappa shape index (κ2) is 10.2. The van der Waals surface area contributed by atoms with Gasteiger partial charge in [0.05, 0.1) is 15.8 Å². The summed E-state index contributed by atoms with van der Waals surface area (Å²) < 4.78 is 29.2. The lowest BCUT2D eigenvalue weighted by Crippen LogP contribution is -2.32. The Bertz CT molecular complexity index is 875. The molecule has 1 heterocycles. The number of carbonyl (C=O) groups excluding carboxylic acids is 1. The van der Waals surface area contributed by atoms with E-state index in [-0.39, 0.29) is 0 Å². The van der Waals surface area contributed by atoms with Crippen molar-refractivity contribution in [1.29, 1.82) is 0 Å². The highest BCUT2D eigenvalue weighted by Crippen LogP contribution is 2.12. The van der Waals surface area contributed by atoms with Gasteiger partial charge in [-0.15, -0.1) is 0 Å². The van der Waals surface area contributed by atoms with E-state index in [4.69, 9.17) is 13.0 Å². The molecule has 138 valence electrons. The maximum Gasteiger partial charge on any atom is 0.211 e. The average Bonchev–Trinajstić information content (AvgIpc) is 2.55. The Morgan fingerprint density at radius 3 is 2.31 bits per heavy atom. The summed E-state index contributed by atoms with van der Waals surface area (Å²) in [6.45, 7) is 0.600. The number of nitrogens with zero attached hydrogens (tertiary/aromatic N) is 2. The molecule has 0 unspecified atom stereocenters. The Morgan fingerprint density at radius 2 is 1.77 bits per heavy atom. The van der Waals surface area contributed by atoms with Crippen molar-refractivity contribution in [2.75, 3.05) is 30.6 Å². The number of amides is 1. The second-order valence-corrected chi connectivity index (χ2v) is 6.85. The van der Waals surface area contributed by atoms with Gasteiger partial charge in [-0.05, 0) is 18.1 Å². The zero-order chi connectivity index (χ0) is 19.6. The lowest BCUT2D eigenvalue weighted by atomic mass is 10.2. The zero-order valence-corrected chi connectivity index (χ0v) is 15.7. The number of hydrogen-bond acceptors (Lipinski definition) is 5. The molecule has 1 N–H and O–H groups in total. The number of aromatic nitrogens is 1. The molecule has 0 bridgehead atoms. The van der Waals surface area contributed by atoms with Crippen LogP contribution in [-0.4, -0.2) is 39.7 Å². The van der Waals surface area contributed by atoms with Crippen LogP contribution < -0.4 is 14.8 Å². The van der Waals surface area contributed by atoms with Crippen LogP contribution in [0.2, 0.25) is 0 Å². The van der Waals surface area contributed by atoms with Gasteiger partial charge in [0.2, 0.25) is 13.0 Å². The molecule has 2 rings (SSSR count). The number of rotatable bonds is 4. The highest BCUT2D eigenvalue weighted by atomic mass is 32.2. The summed E-state index contributed by atoms with van der Waals surface area (Å²) in [6, 6.07) is 11.6. The van der Waals surface area contributed by atoms with Crippen LogP contribution in [0.25, 0.3) is 0 Å². The molecule has 2 aromatic rings. The predicted molar refractivity (Wildman–Crippen MR) is 99.6 cm³/mol. The van der Waals surface area contributed by atoms with Crippen LogP contribution in [0.4, 0.5) is 11.4 Å². The SMILES string of the molecule is CN(C)c1cc[n+](CC#Cc2ccccc2NC=O)cc1.CS(=O)(=O)[O-]. The zero-order valence-electron chi connectivity index (χ0n) is 14.8. The topological polar surface area (TPSA) is 93.4 Å². The molecule has 0 aliphatic rings. The second-order valence-electron chi connectivity index (χ2n) is 5.44. The first-order chi connectivity index (χ1) is 12.2. The van der Waals surface area contributed by atoms with Crippen molar-refractivity contribution in [3.63, 3.8) is 0 Å². The maximum atomic E-state index is 10.5. The molecular formula is C18H21N3O4S. The third-order valence-corrected chi connectivity index (χ3v) is 3.02. The van der Waals surface area contributed by atoms with E-state index in [1.54, 1.807) is 0 Å². The quantitative estimate of drug-likeness (QED) is 0.370. The Morgan fingerprint density at radius 1 is 1.19 bits per heavy atom. The molecule has 8 heteroatoms. The van der Waals surface area contributed by atoms with Crippen molar-refractivity contribution in [3.05, 3.63) is 54.4 Å². The molecule has 0 saturated carbocycles. The van der Waals surface area contributed by atoms with Crippen LogP contribution in [0.15, 0.2) is 48.8 Å². The molecule has 7 nitrogen and oxygen atoms in total. The van der Waals surface area contributed by atoms with Crippen LogP contribution in [0.1, 0.15) is 5.56 Å². The minimum absolute atomic E-state index is 0.600. The fraction of sp³-hybridized carbons (Fsp3) is 0.222. The molecular weight excluding hydrogens is 354 g/mol. The number of pyridine rings is 1. The summed E-state index contributed by atoms with van der Waals surface area (Å²) in [7, 11) is 0.104. The van der Waals surface area contributed by atoms with Gasteiger partial charge in [0, 0.05) is 43.7 Å². The number of carbonyl (C=O) groups is 1. The van der Waals surface area contributed by atoms with E-state index >= 15 is 0 Å². The van der Waals surface area contributed by atoms with Crippen molar-refractivity contribution in [2.45, 2.75) is 6.54 Å². The highest BCUT2D eigenvalue weighted by molar-refractivity contribution is 7.84. The standard InChI is InChI=1S/C17H17N3O.CH4O3S/c1-19(2)16-9-12-20(13-10-16)11-5-7-15-6-3-4-8-17(15)18-14-21;1-5(2,3)4/h3-4,6,8-10,12-14H,11H2,1-2H3;1H3,(H,2,3,4). The van der Waals surface area contributed by atoms with E-state index in [2.05, 4.69) is 22.1 Å². The van der Waals surface area contributed by atoms with Gasteiger partial charge in [0.15, 0.2) is 12.4 Å². The Labute approximate surface area is 154 Å². The van der Waals surface area contributed by atoms with Gasteiger partial charge in [-0.1, -0.05) is 18.1 Å². The van der Waals surface area contributed by atoms with Gasteiger partial charge in [0.1, 0.15) is 0 Å².